The molecule has 90 valence electrons. The van der Waals surface area contributed by atoms with E-state index in [1.165, 1.54) is 16.3 Å². The van der Waals surface area contributed by atoms with Crippen molar-refractivity contribution >= 4 is 26.7 Å². The summed E-state index contributed by atoms with van der Waals surface area (Å²) >= 11 is 3.54. The summed E-state index contributed by atoms with van der Waals surface area (Å²) in [5, 5.41) is 3.40. The van der Waals surface area contributed by atoms with Crippen molar-refractivity contribution < 1.29 is 4.74 Å². The van der Waals surface area contributed by atoms with E-state index in [-0.39, 0.29) is 6.10 Å². The lowest BCUT2D eigenvalue weighted by molar-refractivity contribution is 0.0713. The van der Waals surface area contributed by atoms with Gasteiger partial charge in [0, 0.05) is 11.9 Å². The SMILES string of the molecule is CCCOC(CBr)c1cccc2ccccc12. The standard InChI is InChI=1S/C15H17BrO/c1-2-10-17-15(11-16)14-9-5-7-12-6-3-4-8-13(12)14/h3-9,15H,2,10-11H2,1H3. The molecule has 1 nitrogen and oxygen atoms in total. The first-order chi connectivity index (χ1) is 8.36. The van der Waals surface area contributed by atoms with Gasteiger partial charge >= 0.3 is 0 Å². The maximum absolute atomic E-state index is 5.89. The summed E-state index contributed by atoms with van der Waals surface area (Å²) in [5.74, 6) is 0. The fraction of sp³-hybridized carbons (Fsp3) is 0.333. The Labute approximate surface area is 111 Å². The highest BCUT2D eigenvalue weighted by Gasteiger charge is 2.12. The number of alkyl halides is 1. The van der Waals surface area contributed by atoms with Gasteiger partial charge in [-0.2, -0.15) is 0 Å². The van der Waals surface area contributed by atoms with Gasteiger partial charge in [0.25, 0.3) is 0 Å². The monoisotopic (exact) mass is 292 g/mol. The van der Waals surface area contributed by atoms with E-state index in [4.69, 9.17) is 4.74 Å². The second-order valence-electron chi connectivity index (χ2n) is 4.08. The average Bonchev–Trinajstić information content (AvgIpc) is 2.40. The summed E-state index contributed by atoms with van der Waals surface area (Å²) in [6, 6.07) is 14.9. The number of benzene rings is 2. The smallest absolute Gasteiger partial charge is 0.0927 e. The number of hydrogen-bond acceptors (Lipinski definition) is 1. The van der Waals surface area contributed by atoms with E-state index in [0.29, 0.717) is 0 Å². The summed E-state index contributed by atoms with van der Waals surface area (Å²) < 4.78 is 5.89. The van der Waals surface area contributed by atoms with Gasteiger partial charge in [-0.3, -0.25) is 0 Å². The lowest BCUT2D eigenvalue weighted by Gasteiger charge is -2.17. The van der Waals surface area contributed by atoms with Gasteiger partial charge < -0.3 is 4.74 Å². The minimum absolute atomic E-state index is 0.140. The van der Waals surface area contributed by atoms with Crippen molar-refractivity contribution in [1.82, 2.24) is 0 Å². The Balaban J connectivity index is 2.38. The van der Waals surface area contributed by atoms with E-state index in [1.54, 1.807) is 0 Å². The van der Waals surface area contributed by atoms with Crippen molar-refractivity contribution in [2.45, 2.75) is 19.4 Å². The number of rotatable bonds is 5. The molecule has 0 spiro atoms. The summed E-state index contributed by atoms with van der Waals surface area (Å²) in [7, 11) is 0. The molecule has 2 heteroatoms. The molecule has 0 bridgehead atoms. The zero-order chi connectivity index (χ0) is 12.1. The molecule has 2 rings (SSSR count). The Morgan fingerprint density at radius 2 is 1.88 bits per heavy atom. The van der Waals surface area contributed by atoms with Crippen LogP contribution in [0.2, 0.25) is 0 Å². The Hall–Kier alpha value is -0.860. The van der Waals surface area contributed by atoms with Gasteiger partial charge in [0.1, 0.15) is 0 Å². The van der Waals surface area contributed by atoms with Crippen LogP contribution >= 0.6 is 15.9 Å². The molecule has 0 radical (unpaired) electrons. The van der Waals surface area contributed by atoms with Crippen molar-refractivity contribution in [2.75, 3.05) is 11.9 Å². The average molecular weight is 293 g/mol. The first kappa shape index (κ1) is 12.6. The predicted molar refractivity (Wildman–Crippen MR) is 76.7 cm³/mol. The Kier molecular flexibility index (Phi) is 4.57. The summed E-state index contributed by atoms with van der Waals surface area (Å²) in [4.78, 5) is 0. The van der Waals surface area contributed by atoms with Crippen molar-refractivity contribution in [1.29, 1.82) is 0 Å². The molecule has 0 aliphatic rings. The van der Waals surface area contributed by atoms with Gasteiger partial charge in [0.2, 0.25) is 0 Å². The fourth-order valence-corrected chi connectivity index (χ4v) is 2.54. The first-order valence-electron chi connectivity index (χ1n) is 6.02. The summed E-state index contributed by atoms with van der Waals surface area (Å²) in [6.07, 6.45) is 1.19. The molecule has 0 amide bonds. The second kappa shape index (κ2) is 6.18. The predicted octanol–water partition coefficient (Wildman–Crippen LogP) is 4.70. The lowest BCUT2D eigenvalue weighted by Crippen LogP contribution is -2.07. The van der Waals surface area contributed by atoms with E-state index < -0.39 is 0 Å². The van der Waals surface area contributed by atoms with Crippen molar-refractivity contribution in [3.8, 4) is 0 Å². The van der Waals surface area contributed by atoms with E-state index in [0.717, 1.165) is 18.4 Å². The third-order valence-corrected chi connectivity index (χ3v) is 3.42. The number of ether oxygens (including phenoxy) is 1. The van der Waals surface area contributed by atoms with Crippen LogP contribution in [0.3, 0.4) is 0 Å². The largest absolute Gasteiger partial charge is 0.373 e. The molecule has 0 fully saturated rings. The quantitative estimate of drug-likeness (QED) is 0.726. The van der Waals surface area contributed by atoms with Crippen LogP contribution < -0.4 is 0 Å². The van der Waals surface area contributed by atoms with Crippen LogP contribution in [0.15, 0.2) is 42.5 Å². The Bertz CT molecular complexity index is 476. The molecule has 1 atom stereocenters. The topological polar surface area (TPSA) is 9.23 Å². The lowest BCUT2D eigenvalue weighted by atomic mass is 10.0. The zero-order valence-corrected chi connectivity index (χ0v) is 11.6. The molecule has 0 saturated carbocycles. The number of fused-ring (bicyclic) bond motifs is 1. The van der Waals surface area contributed by atoms with E-state index in [9.17, 15) is 0 Å². The third-order valence-electron chi connectivity index (χ3n) is 2.83. The van der Waals surface area contributed by atoms with Gasteiger partial charge in [-0.25, -0.2) is 0 Å². The highest BCUT2D eigenvalue weighted by atomic mass is 79.9. The molecule has 0 aromatic heterocycles. The highest BCUT2D eigenvalue weighted by Crippen LogP contribution is 2.27. The van der Waals surface area contributed by atoms with Crippen LogP contribution in [0.5, 0.6) is 0 Å². The van der Waals surface area contributed by atoms with Crippen molar-refractivity contribution in [2.24, 2.45) is 0 Å². The molecule has 1 unspecified atom stereocenters. The summed E-state index contributed by atoms with van der Waals surface area (Å²) in [5.41, 5.74) is 1.27. The molecule has 17 heavy (non-hydrogen) atoms. The fourth-order valence-electron chi connectivity index (χ4n) is 2.01. The van der Waals surface area contributed by atoms with Crippen LogP contribution in [0, 0.1) is 0 Å². The molecule has 0 heterocycles. The third kappa shape index (κ3) is 2.88. The maximum atomic E-state index is 5.89. The van der Waals surface area contributed by atoms with Gasteiger partial charge in [-0.1, -0.05) is 65.3 Å². The van der Waals surface area contributed by atoms with Gasteiger partial charge in [0.05, 0.1) is 6.10 Å². The zero-order valence-electron chi connectivity index (χ0n) is 10.0. The molecule has 2 aromatic rings. The number of halogens is 1. The highest BCUT2D eigenvalue weighted by molar-refractivity contribution is 9.09. The molecule has 2 aromatic carbocycles. The molecule has 0 N–H and O–H groups in total. The number of hydrogen-bond donors (Lipinski definition) is 0. The van der Waals surface area contributed by atoms with Crippen LogP contribution in [0.1, 0.15) is 25.0 Å². The molecule has 0 saturated heterocycles. The minimum Gasteiger partial charge on any atom is -0.373 e. The first-order valence-corrected chi connectivity index (χ1v) is 7.14. The molecular weight excluding hydrogens is 276 g/mol. The van der Waals surface area contributed by atoms with Crippen molar-refractivity contribution in [3.05, 3.63) is 48.0 Å². The van der Waals surface area contributed by atoms with E-state index in [2.05, 4.69) is 65.3 Å². The van der Waals surface area contributed by atoms with Crippen LogP contribution in [-0.4, -0.2) is 11.9 Å². The van der Waals surface area contributed by atoms with Gasteiger partial charge in [-0.05, 0) is 22.8 Å². The Morgan fingerprint density at radius 1 is 1.12 bits per heavy atom. The van der Waals surface area contributed by atoms with Gasteiger partial charge in [-0.15, -0.1) is 0 Å². The molecular formula is C15H17BrO. The molecule has 0 aliphatic heterocycles. The molecule has 0 aliphatic carbocycles. The van der Waals surface area contributed by atoms with E-state index >= 15 is 0 Å². The van der Waals surface area contributed by atoms with E-state index in [1.807, 2.05) is 0 Å². The van der Waals surface area contributed by atoms with Crippen LogP contribution in [-0.2, 0) is 4.74 Å². The Morgan fingerprint density at radius 3 is 2.65 bits per heavy atom. The summed E-state index contributed by atoms with van der Waals surface area (Å²) in [6.45, 7) is 2.94. The second-order valence-corrected chi connectivity index (χ2v) is 4.73. The normalized spacial score (nSPS) is 12.8. The van der Waals surface area contributed by atoms with Crippen LogP contribution in [0.4, 0.5) is 0 Å². The van der Waals surface area contributed by atoms with Gasteiger partial charge in [0.15, 0.2) is 0 Å². The minimum atomic E-state index is 0.140. The van der Waals surface area contributed by atoms with Crippen LogP contribution in [0.25, 0.3) is 10.8 Å². The maximum Gasteiger partial charge on any atom is 0.0927 e. The van der Waals surface area contributed by atoms with Crippen molar-refractivity contribution in [3.63, 3.8) is 0 Å².